The smallest absolute Gasteiger partial charge is 0.251 e. The van der Waals surface area contributed by atoms with Gasteiger partial charge < -0.3 is 105 Å². The fraction of sp³-hybridized carbons (Fsp3) is 0.343. The van der Waals surface area contributed by atoms with Crippen molar-refractivity contribution in [3.05, 3.63) is 268 Å². The number of nitrogens with zero attached hydrogens (tertiary/aromatic N) is 12. The zero-order valence-electron chi connectivity index (χ0n) is 81.5. The molecular weight excluding hydrogens is 1900 g/mol. The lowest BCUT2D eigenvalue weighted by Gasteiger charge is -2.36. The van der Waals surface area contributed by atoms with Crippen LogP contribution >= 0.6 is 0 Å². The van der Waals surface area contributed by atoms with Gasteiger partial charge in [-0.1, -0.05) is 0 Å². The van der Waals surface area contributed by atoms with Crippen molar-refractivity contribution >= 4 is 74.5 Å². The zero-order valence-corrected chi connectivity index (χ0v) is 81.5. The summed E-state index contributed by atoms with van der Waals surface area (Å²) in [7, 11) is 0. The summed E-state index contributed by atoms with van der Waals surface area (Å²) in [5.41, 5.74) is 50.9. The van der Waals surface area contributed by atoms with Crippen LogP contribution in [-0.4, -0.2) is 215 Å². The molecule has 0 radical (unpaired) electrons. The number of aromatic nitrogens is 8. The highest BCUT2D eigenvalue weighted by Crippen LogP contribution is 2.40. The number of nitrogens with one attached hydrogen (secondary N) is 1. The molecule has 4 aromatic carbocycles. The van der Waals surface area contributed by atoms with Gasteiger partial charge in [0.15, 0.2) is 63.7 Å². The van der Waals surface area contributed by atoms with Crippen LogP contribution in [0.3, 0.4) is 0 Å². The number of piperidine rings is 4. The summed E-state index contributed by atoms with van der Waals surface area (Å²) in [6.07, 6.45) is 10.8. The second-order valence-electron chi connectivity index (χ2n) is 37.0. The molecule has 8 aromatic heterocycles. The lowest BCUT2D eigenvalue weighted by molar-refractivity contribution is 0.0939. The maximum absolute atomic E-state index is 15.1. The Hall–Kier alpha value is -14.9. The Kier molecular flexibility index (Phi) is 35.8. The van der Waals surface area contributed by atoms with Gasteiger partial charge in [0.05, 0.1) is 99.2 Å². The summed E-state index contributed by atoms with van der Waals surface area (Å²) in [4.78, 5) is 107. The first-order valence-corrected chi connectivity index (χ1v) is 47.4. The normalized spacial score (nSPS) is 17.8. The van der Waals surface area contributed by atoms with Crippen LogP contribution in [0.5, 0.6) is 17.2 Å². The van der Waals surface area contributed by atoms with Crippen molar-refractivity contribution in [1.82, 2.24) is 45.2 Å². The first-order valence-electron chi connectivity index (χ1n) is 47.4. The van der Waals surface area contributed by atoms with Gasteiger partial charge in [0.1, 0.15) is 51.7 Å². The summed E-state index contributed by atoms with van der Waals surface area (Å²) < 4.78 is 135. The van der Waals surface area contributed by atoms with Gasteiger partial charge in [0.2, 0.25) is 0 Å². The predicted octanol–water partition coefficient (Wildman–Crippen LogP) is 11.8. The fourth-order valence-electron chi connectivity index (χ4n) is 17.1. The van der Waals surface area contributed by atoms with Crippen LogP contribution in [0.1, 0.15) is 156 Å². The maximum atomic E-state index is 15.1. The number of benzene rings is 4. The molecule has 12 heterocycles. The van der Waals surface area contributed by atoms with E-state index in [-0.39, 0.29) is 171 Å². The molecule has 770 valence electrons. The molecule has 0 saturated carbocycles. The Labute approximate surface area is 837 Å². The van der Waals surface area contributed by atoms with E-state index < -0.39 is 123 Å². The van der Waals surface area contributed by atoms with Crippen molar-refractivity contribution in [2.75, 3.05) is 94.9 Å². The molecule has 146 heavy (non-hydrogen) atoms. The van der Waals surface area contributed by atoms with Crippen molar-refractivity contribution in [3.63, 3.8) is 0 Å². The Bertz CT molecular complexity index is 6560. The van der Waals surface area contributed by atoms with Crippen molar-refractivity contribution < 1.29 is 93.7 Å². The quantitative estimate of drug-likeness (QED) is 0.0160. The molecule has 4 fully saturated rings. The first kappa shape index (κ1) is 108. The van der Waals surface area contributed by atoms with E-state index in [1.165, 1.54) is 72.9 Å². The Balaban J connectivity index is 0.000000163. The molecule has 41 heteroatoms. The van der Waals surface area contributed by atoms with E-state index in [9.17, 15) is 66.4 Å². The maximum Gasteiger partial charge on any atom is 0.251 e. The predicted molar refractivity (Wildman–Crippen MR) is 538 cm³/mol. The summed E-state index contributed by atoms with van der Waals surface area (Å²) >= 11 is 0. The van der Waals surface area contributed by atoms with Crippen LogP contribution in [0.4, 0.5) is 80.6 Å². The van der Waals surface area contributed by atoms with Crippen molar-refractivity contribution in [1.29, 1.82) is 0 Å². The van der Waals surface area contributed by atoms with Crippen LogP contribution in [-0.2, 0) is 25.7 Å². The molecule has 16 rings (SSSR count). The second kappa shape index (κ2) is 48.2. The minimum absolute atomic E-state index is 0.00411. The minimum Gasteiger partial charge on any atom is -0.488 e. The van der Waals surface area contributed by atoms with Crippen molar-refractivity contribution in [3.8, 4) is 62.3 Å². The number of ketones is 4. The number of halogens is 8. The van der Waals surface area contributed by atoms with Crippen LogP contribution < -0.4 is 85.0 Å². The van der Waals surface area contributed by atoms with E-state index in [0.717, 1.165) is 47.4 Å². The highest BCUT2D eigenvalue weighted by molar-refractivity contribution is 6.04. The van der Waals surface area contributed by atoms with Gasteiger partial charge in [0.25, 0.3) is 5.91 Å². The average Bonchev–Trinajstić information content (AvgIpc) is 0.797. The Morgan fingerprint density at radius 1 is 0.363 bits per heavy atom. The second-order valence-corrected chi connectivity index (χ2v) is 37.0. The molecule has 0 unspecified atom stereocenters. The van der Waals surface area contributed by atoms with Gasteiger partial charge in [-0.05, 0) is 196 Å². The summed E-state index contributed by atoms with van der Waals surface area (Å²) in [5.74, 6) is -10.0. The molecule has 12 aromatic rings. The number of amides is 1. The van der Waals surface area contributed by atoms with Gasteiger partial charge >= 0.3 is 0 Å². The topological polar surface area (TPSA) is 530 Å². The highest BCUT2D eigenvalue weighted by atomic mass is 19.2. The monoisotopic (exact) mass is 2020 g/mol. The number of hydrogen-bond donors (Lipinski definition) is 13. The largest absolute Gasteiger partial charge is 0.488 e. The van der Waals surface area contributed by atoms with E-state index in [4.69, 9.17) is 60.1 Å². The number of rotatable bonds is 28. The summed E-state index contributed by atoms with van der Waals surface area (Å²) in [5, 5.41) is 43.3. The number of nitrogens with two attached hydrogens (primary N) is 8. The number of carbonyl (C=O) groups is 5. The van der Waals surface area contributed by atoms with E-state index in [2.05, 4.69) is 45.2 Å². The number of aliphatic hydroxyl groups is 4. The Morgan fingerprint density at radius 2 is 0.685 bits per heavy atom. The number of carbonyl (C=O) groups excluding carboxylic acids is 5. The van der Waals surface area contributed by atoms with Crippen molar-refractivity contribution in [2.45, 2.75) is 180 Å². The van der Waals surface area contributed by atoms with E-state index >= 15 is 13.2 Å². The molecular formula is C105H117F8N21O12. The summed E-state index contributed by atoms with van der Waals surface area (Å²) in [6, 6.07) is 25.7. The highest BCUT2D eigenvalue weighted by Gasteiger charge is 2.35. The van der Waals surface area contributed by atoms with Gasteiger partial charge in [-0.2, -0.15) is 0 Å². The molecule has 0 bridgehead atoms. The Morgan fingerprint density at radius 3 is 1.03 bits per heavy atom. The molecule has 8 atom stereocenters. The molecule has 0 aliphatic carbocycles. The number of nitrogen functional groups attached to an aromatic ring is 4. The minimum atomic E-state index is -1.14. The van der Waals surface area contributed by atoms with E-state index in [1.54, 1.807) is 109 Å². The number of aliphatic hydroxyl groups excluding tert-OH is 4. The molecule has 4 aliphatic rings. The number of ether oxygens (including phenoxy) is 3. The molecule has 4 saturated heterocycles. The SMILES string of the molecule is CC(C)NC(=O)c1ccc(F)c(-c2ccc(N)c(C(=O)Cc3cnccc3N3CC[C@@H](N)[C@H](O)C3)n2)c1.CC(C)Oc1ccc(F)c(-c2ccc(N)c(C(=O)Cc3cnccc3N3CC[C@@H](N)[C@H](O)C3)n2)c1F.CC(C)Oc1ccc(F)c(-c2ccc(N)c(C(=O)Cc3cnccc3N3CC[C@@H](O)[C@H](N)C3)n2)c1F.CC(C)Oc1ccc(F)c(-c2nc(C(=O)Cc3cnccc3N3CC[C@@H](N)[C@H](O)C3)c(N)cc2F)c1F. The molecule has 0 spiro atoms. The third kappa shape index (κ3) is 26.3. The van der Waals surface area contributed by atoms with Gasteiger partial charge in [-0.25, -0.2) is 55.1 Å². The number of β-amino-alcohol motifs (C(OH)–C–C–N with tert-alkyl or cyclic N) is 3. The lowest BCUT2D eigenvalue weighted by atomic mass is 9.99. The number of Topliss-reactive ketones (excluding diaryl/α,β-unsaturated/α-hetero) is 4. The zero-order chi connectivity index (χ0) is 106. The number of hydrogen-bond acceptors (Lipinski definition) is 32. The third-order valence-electron chi connectivity index (χ3n) is 24.6. The van der Waals surface area contributed by atoms with Gasteiger partial charge in [0, 0.05) is 220 Å². The lowest BCUT2D eigenvalue weighted by Crippen LogP contribution is -2.51. The first-order chi connectivity index (χ1) is 69.5. The summed E-state index contributed by atoms with van der Waals surface area (Å²) in [6.45, 7) is 17.7. The van der Waals surface area contributed by atoms with Gasteiger partial charge in [-0.3, -0.25) is 43.9 Å². The molecule has 21 N–H and O–H groups in total. The van der Waals surface area contributed by atoms with Crippen LogP contribution in [0.25, 0.3) is 45.0 Å². The average molecular weight is 2020 g/mol. The fourth-order valence-corrected chi connectivity index (χ4v) is 17.1. The molecule has 4 aliphatic heterocycles. The van der Waals surface area contributed by atoms with Gasteiger partial charge in [-0.15, -0.1) is 0 Å². The van der Waals surface area contributed by atoms with Crippen molar-refractivity contribution in [2.24, 2.45) is 22.9 Å². The standard InChI is InChI=1S/C27H31FN6O3.C26H28F3N5O3.2C26H29F2N5O3/c1-15(2)32-27(37)16-3-4-19(28)18(11-16)22-6-5-21(30)26(33-22)24(35)12-17-13-31-9-7-23(17)34-10-8-20(29)25(36)14-34;1-13(2)37-22-4-3-15(27)23(24(22)29)25-16(28)10-18(31)26(33-25)20(35)9-14-11-32-7-5-19(14)34-8-6-17(30)21(36)12-34;1-14(2)36-23-6-3-16(27)24(25(23)28)19-5-4-18(30)26(32-19)21(34)11-15-12-31-9-7-20(15)33-10-8-17(29)22(35)13-33;1-14(2)36-23-6-3-16(27)24(25(23)28)19-5-4-17(29)26(32-19)22(35)11-15-12-31-9-7-20(15)33-10-8-21(34)18(30)13-33/h3-7,9,11,13,15,20,25,36H,8,10,12,14,29-30H2,1-2H3,(H,32,37);3-5,7,10-11,13,17,21,36H,6,8-9,12,30-31H2,1-2H3;3-7,9,12,14,17,22,35H,8,10-11,13,29-30H2,1-2H3;3-7,9,12,14,18,21,34H,8,10-11,13,29-30H2,1-2H3/t20-,25-;17-,21-;17-,22-;18-,21-/m1111/s1. The van der Waals surface area contributed by atoms with Crippen LogP contribution in [0.2, 0.25) is 0 Å². The van der Waals surface area contributed by atoms with Crippen LogP contribution in [0, 0.1) is 46.5 Å². The molecule has 1 amide bonds. The van der Waals surface area contributed by atoms with Crippen LogP contribution in [0.15, 0.2) is 171 Å². The number of anilines is 8. The van der Waals surface area contributed by atoms with E-state index in [1.807, 2.05) is 33.4 Å². The van der Waals surface area contributed by atoms with E-state index in [0.29, 0.717) is 99.4 Å². The molecule has 33 nitrogen and oxygen atoms in total. The third-order valence-corrected chi connectivity index (χ3v) is 24.6. The number of pyridine rings is 8.